The Bertz CT molecular complexity index is 2600. The lowest BCUT2D eigenvalue weighted by atomic mass is 9.73. The van der Waals surface area contributed by atoms with Crippen molar-refractivity contribution in [2.24, 2.45) is 0 Å². The summed E-state index contributed by atoms with van der Waals surface area (Å²) in [6.07, 6.45) is 0. The second kappa shape index (κ2) is 10.8. The zero-order valence-corrected chi connectivity index (χ0v) is 28.0. The van der Waals surface area contributed by atoms with E-state index in [0.29, 0.717) is 0 Å². The largest absolute Gasteiger partial charge is 0.453 e. The molecule has 2 aliphatic rings. The van der Waals surface area contributed by atoms with Crippen molar-refractivity contribution in [2.75, 3.05) is 9.80 Å². The van der Waals surface area contributed by atoms with Gasteiger partial charge >= 0.3 is 0 Å². The monoisotopic (exact) mass is 642 g/mol. The summed E-state index contributed by atoms with van der Waals surface area (Å²) in [5.74, 6) is 1.77. The van der Waals surface area contributed by atoms with Crippen molar-refractivity contribution in [1.29, 1.82) is 0 Å². The van der Waals surface area contributed by atoms with Crippen LogP contribution >= 0.6 is 0 Å². The Morgan fingerprint density at radius 3 is 1.94 bits per heavy atom. The number of para-hydroxylation sites is 1. The van der Waals surface area contributed by atoms with Gasteiger partial charge in [0.25, 0.3) is 0 Å². The summed E-state index contributed by atoms with van der Waals surface area (Å²) in [6, 6.07) is 61.2. The van der Waals surface area contributed by atoms with Gasteiger partial charge in [0.2, 0.25) is 0 Å². The molecule has 0 unspecified atom stereocenters. The summed E-state index contributed by atoms with van der Waals surface area (Å²) in [7, 11) is 0. The highest BCUT2D eigenvalue weighted by Crippen LogP contribution is 2.61. The second-order valence-electron chi connectivity index (χ2n) is 13.8. The molecule has 0 spiro atoms. The van der Waals surface area contributed by atoms with Crippen molar-refractivity contribution in [2.45, 2.75) is 19.3 Å². The Balaban J connectivity index is 1.20. The van der Waals surface area contributed by atoms with E-state index in [0.717, 1.165) is 39.9 Å². The second-order valence-corrected chi connectivity index (χ2v) is 13.8. The third-order valence-electron chi connectivity index (χ3n) is 10.6. The zero-order valence-electron chi connectivity index (χ0n) is 28.0. The summed E-state index contributed by atoms with van der Waals surface area (Å²) in [6.45, 7) is 4.69. The van der Waals surface area contributed by atoms with Gasteiger partial charge in [-0.3, -0.25) is 0 Å². The van der Waals surface area contributed by atoms with Gasteiger partial charge in [0.05, 0.1) is 22.7 Å². The molecule has 8 aromatic carbocycles. The normalized spacial score (nSPS) is 13.7. The Kier molecular flexibility index (Phi) is 6.22. The van der Waals surface area contributed by atoms with E-state index < -0.39 is 0 Å². The number of anilines is 6. The molecule has 50 heavy (non-hydrogen) atoms. The molecule has 0 amide bonds. The third kappa shape index (κ3) is 4.23. The fraction of sp³-hybridized carbons (Fsp3) is 0.0638. The van der Waals surface area contributed by atoms with Gasteiger partial charge in [-0.05, 0) is 81.6 Å². The zero-order chi connectivity index (χ0) is 33.4. The first kappa shape index (κ1) is 28.7. The topological polar surface area (TPSA) is 15.7 Å². The van der Waals surface area contributed by atoms with E-state index in [4.69, 9.17) is 4.74 Å². The number of ether oxygens (including phenoxy) is 1. The van der Waals surface area contributed by atoms with Gasteiger partial charge in [-0.2, -0.15) is 0 Å². The van der Waals surface area contributed by atoms with Gasteiger partial charge in [-0.1, -0.05) is 135 Å². The maximum absolute atomic E-state index is 6.65. The first-order chi connectivity index (χ1) is 24.6. The molecule has 3 nitrogen and oxygen atoms in total. The minimum absolute atomic E-state index is 0.291. The molecule has 0 aliphatic carbocycles. The predicted octanol–water partition coefficient (Wildman–Crippen LogP) is 13.3. The van der Waals surface area contributed by atoms with Crippen LogP contribution in [0.5, 0.6) is 11.5 Å². The first-order valence-electron chi connectivity index (χ1n) is 17.3. The Labute approximate surface area is 292 Å². The highest BCUT2D eigenvalue weighted by Gasteiger charge is 2.42. The molecular formula is C47H34N2O. The number of hydrogen-bond donors (Lipinski definition) is 0. The van der Waals surface area contributed by atoms with E-state index in [-0.39, 0.29) is 5.41 Å². The molecule has 10 rings (SSSR count). The highest BCUT2D eigenvalue weighted by atomic mass is 16.5. The van der Waals surface area contributed by atoms with Gasteiger partial charge < -0.3 is 14.5 Å². The van der Waals surface area contributed by atoms with Crippen molar-refractivity contribution >= 4 is 55.7 Å². The number of rotatable bonds is 4. The van der Waals surface area contributed by atoms with E-state index in [2.05, 4.69) is 194 Å². The van der Waals surface area contributed by atoms with Crippen LogP contribution in [-0.2, 0) is 5.41 Å². The van der Waals surface area contributed by atoms with Gasteiger partial charge in [0, 0.05) is 27.6 Å². The summed E-state index contributed by atoms with van der Waals surface area (Å²) in [4.78, 5) is 4.87. The Morgan fingerprint density at radius 1 is 0.480 bits per heavy atom. The fourth-order valence-corrected chi connectivity index (χ4v) is 8.13. The molecule has 8 aromatic rings. The molecule has 0 aromatic heterocycles. The fourth-order valence-electron chi connectivity index (χ4n) is 8.13. The summed E-state index contributed by atoms with van der Waals surface area (Å²) >= 11 is 0. The summed E-state index contributed by atoms with van der Waals surface area (Å²) in [5.41, 5.74) is 11.4. The standard InChI is InChI=1S/C47H34N2O/c1-47(2)39-19-11-21-43-46(39)49(45-38-18-9-7-15-34(38)24-29-44(45)50-43)42-28-27-36(30-40(42)47)48(41-20-10-16-33-14-6-8-17-37(33)41)35-25-22-32(23-26-35)31-12-4-3-5-13-31/h3-30H,1-2H3. The maximum Gasteiger partial charge on any atom is 0.152 e. The summed E-state index contributed by atoms with van der Waals surface area (Å²) < 4.78 is 6.65. The van der Waals surface area contributed by atoms with Crippen LogP contribution in [-0.4, -0.2) is 0 Å². The molecule has 0 bridgehead atoms. The number of fused-ring (bicyclic) bond motifs is 7. The molecule has 0 saturated carbocycles. The molecule has 2 aliphatic heterocycles. The molecule has 0 saturated heterocycles. The predicted molar refractivity (Wildman–Crippen MR) is 208 cm³/mol. The molecular weight excluding hydrogens is 609 g/mol. The molecule has 0 fully saturated rings. The van der Waals surface area contributed by atoms with Crippen LogP contribution in [0.3, 0.4) is 0 Å². The van der Waals surface area contributed by atoms with Gasteiger partial charge in [0.1, 0.15) is 0 Å². The molecule has 238 valence electrons. The lowest BCUT2D eigenvalue weighted by molar-refractivity contribution is 0.472. The molecule has 3 heteroatoms. The lowest BCUT2D eigenvalue weighted by Crippen LogP contribution is -2.32. The van der Waals surface area contributed by atoms with Crippen molar-refractivity contribution in [3.05, 3.63) is 181 Å². The maximum atomic E-state index is 6.65. The van der Waals surface area contributed by atoms with Crippen LogP contribution in [0.1, 0.15) is 25.0 Å². The van der Waals surface area contributed by atoms with Crippen molar-refractivity contribution in [3.63, 3.8) is 0 Å². The van der Waals surface area contributed by atoms with Crippen LogP contribution in [0.25, 0.3) is 32.7 Å². The first-order valence-corrected chi connectivity index (χ1v) is 17.3. The Hall–Kier alpha value is -6.32. The molecule has 0 atom stereocenters. The molecule has 0 radical (unpaired) electrons. The van der Waals surface area contributed by atoms with E-state index in [9.17, 15) is 0 Å². The van der Waals surface area contributed by atoms with Crippen LogP contribution < -0.4 is 14.5 Å². The minimum atomic E-state index is -0.291. The Morgan fingerprint density at radius 2 is 1.12 bits per heavy atom. The van der Waals surface area contributed by atoms with Crippen molar-refractivity contribution in [1.82, 2.24) is 0 Å². The van der Waals surface area contributed by atoms with E-state index >= 15 is 0 Å². The van der Waals surface area contributed by atoms with E-state index in [1.54, 1.807) is 0 Å². The van der Waals surface area contributed by atoms with Gasteiger partial charge in [-0.15, -0.1) is 0 Å². The van der Waals surface area contributed by atoms with Gasteiger partial charge in [0.15, 0.2) is 11.5 Å². The average Bonchev–Trinajstić information content (AvgIpc) is 3.17. The number of nitrogens with zero attached hydrogens (tertiary/aromatic N) is 2. The summed E-state index contributed by atoms with van der Waals surface area (Å²) in [5, 5.41) is 4.80. The lowest BCUT2D eigenvalue weighted by Gasteiger charge is -2.45. The highest BCUT2D eigenvalue weighted by molar-refractivity contribution is 6.06. The number of benzene rings is 8. The third-order valence-corrected chi connectivity index (χ3v) is 10.6. The smallest absolute Gasteiger partial charge is 0.152 e. The van der Waals surface area contributed by atoms with Crippen LogP contribution in [0.2, 0.25) is 0 Å². The van der Waals surface area contributed by atoms with Crippen LogP contribution in [0.15, 0.2) is 170 Å². The van der Waals surface area contributed by atoms with Gasteiger partial charge in [-0.25, -0.2) is 0 Å². The number of hydrogen-bond acceptors (Lipinski definition) is 3. The van der Waals surface area contributed by atoms with E-state index in [1.807, 2.05) is 0 Å². The molecule has 2 heterocycles. The van der Waals surface area contributed by atoms with E-state index in [1.165, 1.54) is 49.5 Å². The van der Waals surface area contributed by atoms with Crippen LogP contribution in [0.4, 0.5) is 34.1 Å². The quantitative estimate of drug-likeness (QED) is 0.190. The van der Waals surface area contributed by atoms with Crippen LogP contribution in [0, 0.1) is 0 Å². The van der Waals surface area contributed by atoms with Crippen molar-refractivity contribution < 1.29 is 4.74 Å². The van der Waals surface area contributed by atoms with Crippen molar-refractivity contribution in [3.8, 4) is 22.6 Å². The SMILES string of the molecule is CC1(C)c2cc(N(c3ccc(-c4ccccc4)cc3)c3cccc4ccccc34)ccc2N2c3c(cccc31)Oc1ccc3ccccc3c12. The average molecular weight is 643 g/mol. The molecule has 0 N–H and O–H groups in total. The minimum Gasteiger partial charge on any atom is -0.453 e.